The molecule has 0 aromatic heterocycles. The normalized spacial score (nSPS) is 9.50. The molecule has 0 heterocycles. The van der Waals surface area contributed by atoms with Crippen molar-refractivity contribution in [3.8, 4) is 0 Å². The van der Waals surface area contributed by atoms with Crippen molar-refractivity contribution >= 4 is 136 Å². The number of halogens is 6. The standard InChI is InChI=1S/C2H3I3.C2H4I2.C2H5I/c1-2(3,4)5;1-2(3)4;1-2-3/h1H3;2H,1H3;2H2,1H3. The molecule has 0 radical (unpaired) electrons. The topological polar surface area (TPSA) is 0 Å². The maximum absolute atomic E-state index is 2.35. The van der Waals surface area contributed by atoms with Crippen LogP contribution in [0.1, 0.15) is 20.8 Å². The molecule has 0 saturated carbocycles. The predicted octanol–water partition coefficient (Wildman–Crippen LogP) is 6.61. The lowest BCUT2D eigenvalue weighted by atomic mass is 11.0. The van der Waals surface area contributed by atoms with Crippen molar-refractivity contribution in [1.29, 1.82) is 0 Å². The smallest absolute Gasteiger partial charge is 0.0867 e. The van der Waals surface area contributed by atoms with Gasteiger partial charge in [0.2, 0.25) is 0 Å². The Balaban J connectivity index is -0.000000105. The zero-order valence-electron chi connectivity index (χ0n) is 7.05. The van der Waals surface area contributed by atoms with Crippen molar-refractivity contribution in [3.63, 3.8) is 0 Å². The lowest BCUT2D eigenvalue weighted by Gasteiger charge is -1.96. The van der Waals surface area contributed by atoms with E-state index in [1.54, 1.807) is 0 Å². The van der Waals surface area contributed by atoms with Crippen molar-refractivity contribution in [2.24, 2.45) is 0 Å². The van der Waals surface area contributed by atoms with Gasteiger partial charge in [-0.3, -0.25) is 0 Å². The van der Waals surface area contributed by atoms with Gasteiger partial charge in [-0.1, -0.05) is 142 Å². The second-order valence-electron chi connectivity index (χ2n) is 1.57. The zero-order valence-corrected chi connectivity index (χ0v) is 20.0. The minimum Gasteiger partial charge on any atom is -0.0867 e. The molecule has 0 aliphatic rings. The second-order valence-corrected chi connectivity index (χ2v) is 21.9. The molecule has 0 aliphatic heterocycles. The molecule has 0 nitrogen and oxygen atoms in total. The van der Waals surface area contributed by atoms with Crippen LogP contribution in [0.5, 0.6) is 0 Å². The van der Waals surface area contributed by atoms with Crippen LogP contribution in [0.25, 0.3) is 0 Å². The van der Waals surface area contributed by atoms with Crippen LogP contribution in [0, 0.1) is 0 Å². The molecule has 6 heteroatoms. The predicted molar refractivity (Wildman–Crippen MR) is 113 cm³/mol. The van der Waals surface area contributed by atoms with Gasteiger partial charge in [-0.05, 0) is 18.3 Å². The van der Waals surface area contributed by atoms with Gasteiger partial charge >= 0.3 is 0 Å². The average molecular weight is 846 g/mol. The van der Waals surface area contributed by atoms with Crippen LogP contribution in [0.4, 0.5) is 0 Å². The highest BCUT2D eigenvalue weighted by Gasteiger charge is 2.04. The Kier molecular flexibility index (Phi) is 27.7. The Hall–Kier alpha value is 4.38. The quantitative estimate of drug-likeness (QED) is 0.191. The van der Waals surface area contributed by atoms with Crippen molar-refractivity contribution in [2.75, 3.05) is 4.43 Å². The SMILES string of the molecule is CC(I)(I)I.CC(I)I.CCI. The highest BCUT2D eigenvalue weighted by Crippen LogP contribution is 2.33. The third-order valence-corrected chi connectivity index (χ3v) is 0. The molecular weight excluding hydrogens is 833 g/mol. The molecule has 12 heavy (non-hydrogen) atoms. The van der Waals surface area contributed by atoms with E-state index >= 15 is 0 Å². The summed E-state index contributed by atoms with van der Waals surface area (Å²) in [5.74, 6) is 0. The van der Waals surface area contributed by atoms with Crippen LogP contribution < -0.4 is 0 Å². The molecule has 0 fully saturated rings. The first-order valence-corrected chi connectivity index (χ1v) is 10.3. The molecule has 0 rings (SSSR count). The summed E-state index contributed by atoms with van der Waals surface area (Å²) in [7, 11) is 0. The van der Waals surface area contributed by atoms with Crippen molar-refractivity contribution in [2.45, 2.75) is 22.1 Å². The van der Waals surface area contributed by atoms with Crippen molar-refractivity contribution in [3.05, 3.63) is 0 Å². The molecule has 0 bridgehead atoms. The molecule has 0 unspecified atom stereocenters. The Morgan fingerprint density at radius 3 is 1.17 bits per heavy atom. The second kappa shape index (κ2) is 15.4. The van der Waals surface area contributed by atoms with Gasteiger partial charge in [0.05, 0.1) is 1.93 Å². The summed E-state index contributed by atoms with van der Waals surface area (Å²) in [6, 6.07) is 0. The largest absolute Gasteiger partial charge is 0.121 e. The number of rotatable bonds is 0. The lowest BCUT2D eigenvalue weighted by Crippen LogP contribution is -1.82. The molecule has 0 aliphatic carbocycles. The average Bonchev–Trinajstić information content (AvgIpc) is 1.56. The molecule has 0 saturated heterocycles. The van der Waals surface area contributed by atoms with Gasteiger partial charge < -0.3 is 0 Å². The molecule has 0 aromatic rings. The van der Waals surface area contributed by atoms with Gasteiger partial charge in [0, 0.05) is 0 Å². The van der Waals surface area contributed by atoms with E-state index in [0.717, 1.165) is 1.93 Å². The summed E-state index contributed by atoms with van der Waals surface area (Å²) in [5, 5.41) is 0. The van der Waals surface area contributed by atoms with E-state index < -0.39 is 0 Å². The third kappa shape index (κ3) is 134. The van der Waals surface area contributed by atoms with Gasteiger partial charge in [0.15, 0.2) is 0 Å². The molecule has 0 aromatic carbocycles. The fourth-order valence-electron chi connectivity index (χ4n) is 0. The van der Waals surface area contributed by atoms with E-state index in [0.29, 0.717) is -0.565 Å². The highest BCUT2D eigenvalue weighted by atomic mass is 127. The summed E-state index contributed by atoms with van der Waals surface area (Å²) < 4.78 is 2.40. The van der Waals surface area contributed by atoms with Crippen LogP contribution in [-0.4, -0.2) is 5.79 Å². The van der Waals surface area contributed by atoms with Crippen molar-refractivity contribution < 1.29 is 0 Å². The Morgan fingerprint density at radius 1 is 1.17 bits per heavy atom. The minimum absolute atomic E-state index is 0.410. The summed E-state index contributed by atoms with van der Waals surface area (Å²) in [5.41, 5.74) is 0. The number of hydrogen-bond acceptors (Lipinski definition) is 0. The number of hydrogen-bond donors (Lipinski definition) is 0. The van der Waals surface area contributed by atoms with Crippen molar-refractivity contribution in [1.82, 2.24) is 0 Å². The molecule has 78 valence electrons. The van der Waals surface area contributed by atoms with Crippen LogP contribution in [0.2, 0.25) is 0 Å². The monoisotopic (exact) mass is 846 g/mol. The molecular formula is C6H12I6. The van der Waals surface area contributed by atoms with E-state index in [2.05, 4.69) is 156 Å². The third-order valence-electron chi connectivity index (χ3n) is 0. The lowest BCUT2D eigenvalue weighted by molar-refractivity contribution is 1.50. The van der Waals surface area contributed by atoms with E-state index in [4.69, 9.17) is 0 Å². The minimum atomic E-state index is 0.410. The van der Waals surface area contributed by atoms with E-state index in [1.807, 2.05) is 0 Å². The Morgan fingerprint density at radius 2 is 1.17 bits per heavy atom. The van der Waals surface area contributed by atoms with Crippen LogP contribution in [0.15, 0.2) is 0 Å². The van der Waals surface area contributed by atoms with Gasteiger partial charge in [0.25, 0.3) is 0 Å². The van der Waals surface area contributed by atoms with E-state index in [9.17, 15) is 0 Å². The van der Waals surface area contributed by atoms with Gasteiger partial charge in [-0.15, -0.1) is 0 Å². The van der Waals surface area contributed by atoms with Crippen LogP contribution in [-0.2, 0) is 0 Å². The van der Waals surface area contributed by atoms with Crippen LogP contribution in [0.3, 0.4) is 0 Å². The maximum Gasteiger partial charge on any atom is 0.121 e. The summed E-state index contributed by atoms with van der Waals surface area (Å²) in [4.78, 5) is 0. The Bertz CT molecular complexity index is 58.2. The summed E-state index contributed by atoms with van der Waals surface area (Å²) in [6.45, 7) is 6.40. The number of alkyl halides is 6. The molecule has 0 amide bonds. The van der Waals surface area contributed by atoms with Gasteiger partial charge in [-0.25, -0.2) is 0 Å². The summed E-state index contributed by atoms with van der Waals surface area (Å²) >= 11 is 14.0. The van der Waals surface area contributed by atoms with Gasteiger partial charge in [0.1, 0.15) is -0.565 Å². The summed E-state index contributed by atoms with van der Waals surface area (Å²) in [6.07, 6.45) is 0. The van der Waals surface area contributed by atoms with E-state index in [1.165, 1.54) is 4.43 Å². The first-order chi connectivity index (χ1) is 5.15. The fourth-order valence-corrected chi connectivity index (χ4v) is 0. The molecule has 0 atom stereocenters. The first-order valence-electron chi connectivity index (χ1n) is 3.06. The van der Waals surface area contributed by atoms with Crippen LogP contribution >= 0.6 is 136 Å². The molecule has 0 N–H and O–H groups in total. The fraction of sp³-hybridized carbons (Fsp3) is 1.00. The van der Waals surface area contributed by atoms with Gasteiger partial charge in [-0.2, -0.15) is 0 Å². The first kappa shape index (κ1) is 21.6. The zero-order chi connectivity index (χ0) is 10.8. The highest BCUT2D eigenvalue weighted by molar-refractivity contribution is 14.3. The maximum atomic E-state index is 2.35. The van der Waals surface area contributed by atoms with E-state index in [-0.39, 0.29) is 0 Å². The molecule has 0 spiro atoms. The Labute approximate surface area is 158 Å².